The normalized spacial score (nSPS) is 19.0. The molecule has 0 spiro atoms. The second-order valence-corrected chi connectivity index (χ2v) is 6.27. The van der Waals surface area contributed by atoms with Gasteiger partial charge < -0.3 is 19.4 Å². The molecule has 0 aliphatic carbocycles. The van der Waals surface area contributed by atoms with E-state index in [-0.39, 0.29) is 24.2 Å². The second kappa shape index (κ2) is 6.84. The molecule has 2 amide bonds. The third kappa shape index (κ3) is 3.37. The van der Waals surface area contributed by atoms with E-state index in [0.717, 1.165) is 5.56 Å². The van der Waals surface area contributed by atoms with Gasteiger partial charge >= 0.3 is 0 Å². The Morgan fingerprint density at radius 1 is 1.40 bits per heavy atom. The molecule has 2 heterocycles. The van der Waals surface area contributed by atoms with E-state index in [2.05, 4.69) is 5.32 Å². The van der Waals surface area contributed by atoms with Gasteiger partial charge in [0.15, 0.2) is 0 Å². The first-order valence-corrected chi connectivity index (χ1v) is 8.22. The summed E-state index contributed by atoms with van der Waals surface area (Å²) in [5, 5.41) is 3.55. The molecule has 2 atom stereocenters. The number of fused-ring (bicyclic) bond motifs is 1. The highest BCUT2D eigenvalue weighted by molar-refractivity contribution is 5.88. The van der Waals surface area contributed by atoms with Crippen LogP contribution in [-0.2, 0) is 14.3 Å². The molecule has 0 unspecified atom stereocenters. The lowest BCUT2D eigenvalue weighted by Gasteiger charge is -2.34. The Morgan fingerprint density at radius 3 is 2.88 bits per heavy atom. The van der Waals surface area contributed by atoms with Gasteiger partial charge in [0, 0.05) is 24.4 Å². The van der Waals surface area contributed by atoms with Crippen LogP contribution in [0.2, 0.25) is 0 Å². The van der Waals surface area contributed by atoms with Gasteiger partial charge in [-0.3, -0.25) is 9.59 Å². The lowest BCUT2D eigenvalue weighted by Crippen LogP contribution is -2.55. The molecule has 3 rings (SSSR count). The molecule has 1 aromatic heterocycles. The average molecular weight is 348 g/mol. The minimum absolute atomic E-state index is 0.161. The van der Waals surface area contributed by atoms with E-state index >= 15 is 0 Å². The number of carbonyl (C=O) groups is 2. The maximum Gasteiger partial charge on any atom is 0.245 e. The van der Waals surface area contributed by atoms with Crippen molar-refractivity contribution in [1.82, 2.24) is 10.2 Å². The summed E-state index contributed by atoms with van der Waals surface area (Å²) in [5.41, 5.74) is 1.35. The molecular weight excluding hydrogens is 327 g/mol. The summed E-state index contributed by atoms with van der Waals surface area (Å²) < 4.78 is 24.6. The fourth-order valence-corrected chi connectivity index (χ4v) is 3.20. The first kappa shape index (κ1) is 17.4. The smallest absolute Gasteiger partial charge is 0.245 e. The highest BCUT2D eigenvalue weighted by Gasteiger charge is 2.32. The Hall–Kier alpha value is -2.41. The highest BCUT2D eigenvalue weighted by atomic mass is 19.1. The van der Waals surface area contributed by atoms with E-state index in [0.29, 0.717) is 29.9 Å². The summed E-state index contributed by atoms with van der Waals surface area (Å²) >= 11 is 0. The molecule has 0 bridgehead atoms. The van der Waals surface area contributed by atoms with E-state index in [1.165, 1.54) is 24.0 Å². The topological polar surface area (TPSA) is 71.8 Å². The Labute approximate surface area is 144 Å². The maximum absolute atomic E-state index is 13.4. The number of nitrogens with zero attached hydrogens (tertiary/aromatic N) is 1. The Bertz CT molecular complexity index is 817. The molecule has 0 radical (unpaired) electrons. The van der Waals surface area contributed by atoms with E-state index in [1.54, 1.807) is 13.0 Å². The molecule has 6 nitrogen and oxygen atoms in total. The molecule has 0 saturated carbocycles. The van der Waals surface area contributed by atoms with Gasteiger partial charge in [-0.1, -0.05) is 0 Å². The van der Waals surface area contributed by atoms with E-state index in [9.17, 15) is 14.0 Å². The van der Waals surface area contributed by atoms with E-state index < -0.39 is 12.1 Å². The van der Waals surface area contributed by atoms with Crippen LogP contribution < -0.4 is 5.32 Å². The van der Waals surface area contributed by atoms with Gasteiger partial charge in [-0.05, 0) is 32.0 Å². The van der Waals surface area contributed by atoms with Crippen LogP contribution in [0.15, 0.2) is 22.6 Å². The Kier molecular flexibility index (Phi) is 4.76. The van der Waals surface area contributed by atoms with Crippen LogP contribution in [0.3, 0.4) is 0 Å². The molecule has 1 saturated heterocycles. The van der Waals surface area contributed by atoms with Gasteiger partial charge in [0.25, 0.3) is 0 Å². The van der Waals surface area contributed by atoms with Crippen LogP contribution in [0.4, 0.5) is 4.39 Å². The predicted molar refractivity (Wildman–Crippen MR) is 89.5 cm³/mol. The number of amides is 2. The fraction of sp³-hybridized carbons (Fsp3) is 0.444. The molecule has 2 aromatic rings. The van der Waals surface area contributed by atoms with E-state index in [1.807, 2.05) is 6.92 Å². The maximum atomic E-state index is 13.4. The van der Waals surface area contributed by atoms with Gasteiger partial charge in [0.1, 0.15) is 23.2 Å². The van der Waals surface area contributed by atoms with Crippen molar-refractivity contribution >= 4 is 22.8 Å². The quantitative estimate of drug-likeness (QED) is 0.924. The number of morpholine rings is 1. The zero-order chi connectivity index (χ0) is 18.1. The fourth-order valence-electron chi connectivity index (χ4n) is 3.20. The van der Waals surface area contributed by atoms with Crippen molar-refractivity contribution in [2.45, 2.75) is 32.9 Å². The number of rotatable bonds is 3. The summed E-state index contributed by atoms with van der Waals surface area (Å²) in [4.78, 5) is 25.8. The van der Waals surface area contributed by atoms with Crippen molar-refractivity contribution in [3.05, 3.63) is 35.3 Å². The van der Waals surface area contributed by atoms with Crippen LogP contribution in [0.1, 0.15) is 31.2 Å². The number of hydrogen-bond acceptors (Lipinski definition) is 4. The summed E-state index contributed by atoms with van der Waals surface area (Å²) in [6.45, 7) is 6.04. The van der Waals surface area contributed by atoms with Gasteiger partial charge in [-0.2, -0.15) is 0 Å². The minimum atomic E-state index is -0.657. The molecule has 1 N–H and O–H groups in total. The molecule has 1 fully saturated rings. The average Bonchev–Trinajstić information content (AvgIpc) is 2.91. The van der Waals surface area contributed by atoms with Crippen LogP contribution >= 0.6 is 0 Å². The zero-order valence-electron chi connectivity index (χ0n) is 14.5. The van der Waals surface area contributed by atoms with Crippen molar-refractivity contribution in [2.24, 2.45) is 0 Å². The molecule has 1 aromatic carbocycles. The number of ether oxygens (including phenoxy) is 1. The number of furan rings is 1. The van der Waals surface area contributed by atoms with Crippen LogP contribution in [0.5, 0.6) is 0 Å². The predicted octanol–water partition coefficient (Wildman–Crippen LogP) is 2.30. The van der Waals surface area contributed by atoms with Crippen LogP contribution in [0, 0.1) is 12.7 Å². The number of nitrogens with one attached hydrogen (secondary N) is 1. The van der Waals surface area contributed by atoms with Crippen molar-refractivity contribution in [3.63, 3.8) is 0 Å². The largest absolute Gasteiger partial charge is 0.459 e. The van der Waals surface area contributed by atoms with Gasteiger partial charge in [0.2, 0.25) is 11.8 Å². The van der Waals surface area contributed by atoms with Crippen molar-refractivity contribution in [1.29, 1.82) is 0 Å². The van der Waals surface area contributed by atoms with E-state index in [4.69, 9.17) is 9.15 Å². The number of halogens is 1. The first-order chi connectivity index (χ1) is 11.9. The second-order valence-electron chi connectivity index (χ2n) is 6.27. The zero-order valence-corrected chi connectivity index (χ0v) is 14.5. The highest BCUT2D eigenvalue weighted by Crippen LogP contribution is 2.30. The van der Waals surface area contributed by atoms with Gasteiger partial charge in [-0.15, -0.1) is 0 Å². The first-order valence-electron chi connectivity index (χ1n) is 8.22. The Morgan fingerprint density at radius 2 is 2.16 bits per heavy atom. The molecule has 25 heavy (non-hydrogen) atoms. The van der Waals surface area contributed by atoms with Crippen LogP contribution in [0.25, 0.3) is 11.0 Å². The lowest BCUT2D eigenvalue weighted by atomic mass is 10.1. The van der Waals surface area contributed by atoms with Gasteiger partial charge in [0.05, 0.1) is 19.3 Å². The number of aryl methyl sites for hydroxylation is 1. The lowest BCUT2D eigenvalue weighted by molar-refractivity contribution is -0.147. The minimum Gasteiger partial charge on any atom is -0.459 e. The van der Waals surface area contributed by atoms with Gasteiger partial charge in [-0.25, -0.2) is 4.39 Å². The van der Waals surface area contributed by atoms with Crippen molar-refractivity contribution in [2.75, 3.05) is 19.8 Å². The summed E-state index contributed by atoms with van der Waals surface area (Å²) in [7, 11) is 0. The number of hydrogen-bond donors (Lipinski definition) is 1. The third-order valence-electron chi connectivity index (χ3n) is 4.52. The number of carbonyl (C=O) groups excluding carboxylic acids is 2. The molecule has 7 heteroatoms. The summed E-state index contributed by atoms with van der Waals surface area (Å²) in [6, 6.07) is 3.25. The monoisotopic (exact) mass is 348 g/mol. The SMILES string of the molecule is CC(=O)N1CCOC[C@@H]1C(=O)N[C@@H](C)c1oc2ccc(F)cc2c1C. The summed E-state index contributed by atoms with van der Waals surface area (Å²) in [5.74, 6) is -0.226. The molecular formula is C18H21FN2O4. The molecule has 1 aliphatic rings. The molecule has 134 valence electrons. The number of benzene rings is 1. The Balaban J connectivity index is 1.79. The van der Waals surface area contributed by atoms with Crippen molar-refractivity contribution in [3.8, 4) is 0 Å². The van der Waals surface area contributed by atoms with Crippen LogP contribution in [-0.4, -0.2) is 42.5 Å². The third-order valence-corrected chi connectivity index (χ3v) is 4.52. The molecule has 1 aliphatic heterocycles. The summed E-state index contributed by atoms with van der Waals surface area (Å²) in [6.07, 6.45) is 0. The standard InChI is InChI=1S/C18H21FN2O4/c1-10-14-8-13(19)4-5-16(14)25-17(10)11(2)20-18(23)15-9-24-7-6-21(15)12(3)22/h4-5,8,11,15H,6-7,9H2,1-3H3,(H,20,23)/t11-,15+/m0/s1. The van der Waals surface area contributed by atoms with Crippen molar-refractivity contribution < 1.29 is 23.1 Å².